The van der Waals surface area contributed by atoms with Crippen LogP contribution in [0.15, 0.2) is 30.3 Å². The molecule has 6 nitrogen and oxygen atoms in total. The summed E-state index contributed by atoms with van der Waals surface area (Å²) < 4.78 is 4.84. The number of carbonyl (C=O) groups excluding carboxylic acids is 3. The van der Waals surface area contributed by atoms with Gasteiger partial charge in [0.25, 0.3) is 0 Å². The highest BCUT2D eigenvalue weighted by Crippen LogP contribution is 2.33. The van der Waals surface area contributed by atoms with Gasteiger partial charge in [-0.05, 0) is 31.4 Å². The molecule has 2 aromatic rings. The van der Waals surface area contributed by atoms with Crippen molar-refractivity contribution >= 4 is 34.1 Å². The van der Waals surface area contributed by atoms with Gasteiger partial charge in [0.05, 0.1) is 18.6 Å². The molecule has 0 spiro atoms. The predicted octanol–water partition coefficient (Wildman–Crippen LogP) is 3.18. The van der Waals surface area contributed by atoms with Crippen molar-refractivity contribution in [3.8, 4) is 0 Å². The lowest BCUT2D eigenvalue weighted by Crippen LogP contribution is -2.30. The van der Waals surface area contributed by atoms with Crippen LogP contribution in [0.1, 0.15) is 32.8 Å². The summed E-state index contributed by atoms with van der Waals surface area (Å²) in [6.07, 6.45) is 0.953. The Balaban J connectivity index is 1.64. The first-order valence-electron chi connectivity index (χ1n) is 9.21. The molecule has 1 aliphatic rings. The molecule has 1 N–H and O–H groups in total. The number of anilines is 1. The first-order valence-corrected chi connectivity index (χ1v) is 10.0. The third kappa shape index (κ3) is 4.25. The van der Waals surface area contributed by atoms with Gasteiger partial charge in [0.2, 0.25) is 11.8 Å². The molecule has 1 atom stereocenters. The highest BCUT2D eigenvalue weighted by Gasteiger charge is 2.35. The summed E-state index contributed by atoms with van der Waals surface area (Å²) in [6, 6.07) is 9.96. The maximum absolute atomic E-state index is 12.7. The average molecular weight is 401 g/mol. The van der Waals surface area contributed by atoms with Crippen LogP contribution in [0.4, 0.5) is 5.00 Å². The van der Waals surface area contributed by atoms with Crippen molar-refractivity contribution in [2.24, 2.45) is 5.92 Å². The normalized spacial score (nSPS) is 16.3. The lowest BCUT2D eigenvalue weighted by molar-refractivity contribution is -0.128. The molecule has 3 rings (SSSR count). The zero-order chi connectivity index (χ0) is 20.3. The quantitative estimate of drug-likeness (QED) is 0.756. The van der Waals surface area contributed by atoms with E-state index in [1.54, 1.807) is 4.90 Å². The van der Waals surface area contributed by atoms with Gasteiger partial charge < -0.3 is 15.0 Å². The number of rotatable bonds is 6. The van der Waals surface area contributed by atoms with E-state index in [9.17, 15) is 14.4 Å². The molecule has 1 aliphatic heterocycles. The molecule has 2 heterocycles. The molecule has 1 saturated heterocycles. The molecule has 1 aromatic carbocycles. The van der Waals surface area contributed by atoms with Crippen LogP contribution in [0, 0.1) is 19.8 Å². The van der Waals surface area contributed by atoms with Crippen LogP contribution >= 0.6 is 11.3 Å². The zero-order valence-electron chi connectivity index (χ0n) is 16.3. The van der Waals surface area contributed by atoms with E-state index in [1.165, 1.54) is 18.4 Å². The number of aryl methyl sites for hydroxylation is 1. The fourth-order valence-electron chi connectivity index (χ4n) is 3.35. The number of hydrogen-bond acceptors (Lipinski definition) is 5. The van der Waals surface area contributed by atoms with Gasteiger partial charge in [0, 0.05) is 24.4 Å². The molecule has 28 heavy (non-hydrogen) atoms. The molecule has 0 aliphatic carbocycles. The van der Waals surface area contributed by atoms with E-state index in [1.807, 2.05) is 44.2 Å². The van der Waals surface area contributed by atoms with Crippen LogP contribution in [0.5, 0.6) is 0 Å². The van der Waals surface area contributed by atoms with E-state index < -0.39 is 11.9 Å². The zero-order valence-corrected chi connectivity index (χ0v) is 17.1. The Labute approximate surface area is 168 Å². The summed E-state index contributed by atoms with van der Waals surface area (Å²) >= 11 is 1.35. The summed E-state index contributed by atoms with van der Waals surface area (Å²) in [7, 11) is 1.32. The van der Waals surface area contributed by atoms with Gasteiger partial charge in [-0.15, -0.1) is 11.3 Å². The Morgan fingerprint density at radius 2 is 1.96 bits per heavy atom. The fourth-order valence-corrected chi connectivity index (χ4v) is 4.40. The van der Waals surface area contributed by atoms with Crippen LogP contribution in [0.25, 0.3) is 0 Å². The Morgan fingerprint density at radius 1 is 1.25 bits per heavy atom. The minimum Gasteiger partial charge on any atom is -0.465 e. The minimum atomic E-state index is -0.468. The third-order valence-corrected chi connectivity index (χ3v) is 6.23. The van der Waals surface area contributed by atoms with Crippen LogP contribution < -0.4 is 5.32 Å². The lowest BCUT2D eigenvalue weighted by atomic mass is 10.1. The second-order valence-corrected chi connectivity index (χ2v) is 8.17. The molecule has 2 amide bonds. The van der Waals surface area contributed by atoms with Gasteiger partial charge in [0.15, 0.2) is 0 Å². The van der Waals surface area contributed by atoms with E-state index in [0.29, 0.717) is 23.7 Å². The standard InChI is InChI=1S/C21H24N2O4S/c1-13-14(2)28-20(18(13)21(26)27-3)22-19(25)16-11-17(24)23(12-16)10-9-15-7-5-4-6-8-15/h4-8,16H,9-12H2,1-3H3,(H,22,25). The fraction of sp³-hybridized carbons (Fsp3) is 0.381. The smallest absolute Gasteiger partial charge is 0.341 e. The SMILES string of the molecule is COC(=O)c1c(NC(=O)C2CC(=O)N(CCc3ccccc3)C2)sc(C)c1C. The Kier molecular flexibility index (Phi) is 6.14. The van der Waals surface area contributed by atoms with E-state index in [0.717, 1.165) is 22.4 Å². The number of nitrogens with one attached hydrogen (secondary N) is 1. The van der Waals surface area contributed by atoms with Crippen molar-refractivity contribution in [1.29, 1.82) is 0 Å². The summed E-state index contributed by atoms with van der Waals surface area (Å²) in [5.74, 6) is -1.13. The summed E-state index contributed by atoms with van der Waals surface area (Å²) in [5.41, 5.74) is 2.36. The average Bonchev–Trinajstić information content (AvgIpc) is 3.20. The topological polar surface area (TPSA) is 75.7 Å². The first kappa shape index (κ1) is 20.1. The van der Waals surface area contributed by atoms with Crippen molar-refractivity contribution in [3.63, 3.8) is 0 Å². The number of likely N-dealkylation sites (tertiary alicyclic amines) is 1. The number of nitrogens with zero attached hydrogens (tertiary/aromatic N) is 1. The summed E-state index contributed by atoms with van der Waals surface area (Å²) in [4.78, 5) is 39.8. The van der Waals surface area contributed by atoms with Crippen LogP contribution in [0.3, 0.4) is 0 Å². The number of benzene rings is 1. The maximum atomic E-state index is 12.7. The van der Waals surface area contributed by atoms with Gasteiger partial charge >= 0.3 is 5.97 Å². The van der Waals surface area contributed by atoms with Crippen molar-refractivity contribution in [1.82, 2.24) is 4.90 Å². The largest absolute Gasteiger partial charge is 0.465 e. The van der Waals surface area contributed by atoms with E-state index >= 15 is 0 Å². The maximum Gasteiger partial charge on any atom is 0.341 e. The molecule has 0 bridgehead atoms. The second kappa shape index (κ2) is 8.56. The van der Waals surface area contributed by atoms with Crippen molar-refractivity contribution in [2.75, 3.05) is 25.5 Å². The lowest BCUT2D eigenvalue weighted by Gasteiger charge is -2.16. The number of thiophene rings is 1. The molecule has 7 heteroatoms. The van der Waals surface area contributed by atoms with Gasteiger partial charge in [-0.25, -0.2) is 4.79 Å². The Bertz CT molecular complexity index is 891. The molecular formula is C21H24N2O4S. The van der Waals surface area contributed by atoms with E-state index in [-0.39, 0.29) is 18.2 Å². The van der Waals surface area contributed by atoms with Crippen molar-refractivity contribution in [2.45, 2.75) is 26.7 Å². The molecule has 148 valence electrons. The second-order valence-electron chi connectivity index (χ2n) is 6.94. The number of esters is 1. The number of amides is 2. The molecule has 0 radical (unpaired) electrons. The number of methoxy groups -OCH3 is 1. The van der Waals surface area contributed by atoms with Gasteiger partial charge in [-0.2, -0.15) is 0 Å². The molecule has 1 fully saturated rings. The molecule has 1 unspecified atom stereocenters. The monoisotopic (exact) mass is 400 g/mol. The summed E-state index contributed by atoms with van der Waals surface area (Å²) in [6.45, 7) is 4.72. The van der Waals surface area contributed by atoms with Crippen molar-refractivity contribution < 1.29 is 19.1 Å². The summed E-state index contributed by atoms with van der Waals surface area (Å²) in [5, 5.41) is 3.33. The highest BCUT2D eigenvalue weighted by molar-refractivity contribution is 7.16. The Hall–Kier alpha value is -2.67. The number of hydrogen-bond donors (Lipinski definition) is 1. The molecular weight excluding hydrogens is 376 g/mol. The van der Waals surface area contributed by atoms with E-state index in [2.05, 4.69) is 5.32 Å². The van der Waals surface area contributed by atoms with Crippen molar-refractivity contribution in [3.05, 3.63) is 51.9 Å². The molecule has 0 saturated carbocycles. The minimum absolute atomic E-state index is 0.0113. The number of carbonyl (C=O) groups is 3. The van der Waals surface area contributed by atoms with Gasteiger partial charge in [0.1, 0.15) is 5.00 Å². The van der Waals surface area contributed by atoms with Crippen LogP contribution in [-0.2, 0) is 20.7 Å². The third-order valence-electron chi connectivity index (χ3n) is 5.11. The first-order chi connectivity index (χ1) is 13.4. The van der Waals surface area contributed by atoms with Crippen LogP contribution in [-0.4, -0.2) is 42.9 Å². The van der Waals surface area contributed by atoms with E-state index in [4.69, 9.17) is 4.74 Å². The van der Waals surface area contributed by atoms with Gasteiger partial charge in [-0.1, -0.05) is 30.3 Å². The molecule has 1 aromatic heterocycles. The highest BCUT2D eigenvalue weighted by atomic mass is 32.1. The predicted molar refractivity (Wildman–Crippen MR) is 109 cm³/mol. The Morgan fingerprint density at radius 3 is 2.64 bits per heavy atom. The number of ether oxygens (including phenoxy) is 1. The van der Waals surface area contributed by atoms with Crippen LogP contribution in [0.2, 0.25) is 0 Å². The van der Waals surface area contributed by atoms with Gasteiger partial charge in [-0.3, -0.25) is 9.59 Å².